The number of Topliss-reactive ketones (excluding diaryl/α,β-unsaturated/α-hetero) is 1. The lowest BCUT2D eigenvalue weighted by molar-refractivity contribution is -0.0937. The summed E-state index contributed by atoms with van der Waals surface area (Å²) in [6.07, 6.45) is 3.36. The van der Waals surface area contributed by atoms with Gasteiger partial charge in [-0.15, -0.1) is 0 Å². The van der Waals surface area contributed by atoms with Crippen molar-refractivity contribution in [1.82, 2.24) is 9.55 Å². The van der Waals surface area contributed by atoms with Crippen LogP contribution in [0.25, 0.3) is 0 Å². The van der Waals surface area contributed by atoms with Gasteiger partial charge < -0.3 is 14.9 Å². The summed E-state index contributed by atoms with van der Waals surface area (Å²) in [6.45, 7) is 2.18. The third-order valence-electron chi connectivity index (χ3n) is 4.96. The second-order valence-electron chi connectivity index (χ2n) is 6.33. The largest absolute Gasteiger partial charge is 0.501 e. The van der Waals surface area contributed by atoms with E-state index in [0.29, 0.717) is 31.1 Å². The molecular weight excluding hydrogens is 300 g/mol. The monoisotopic (exact) mass is 322 g/mol. The summed E-state index contributed by atoms with van der Waals surface area (Å²) >= 11 is 0. The first-order chi connectivity index (χ1) is 11.0. The Morgan fingerprint density at radius 3 is 2.74 bits per heavy atom. The Morgan fingerprint density at radius 1 is 1.43 bits per heavy atom. The van der Waals surface area contributed by atoms with Gasteiger partial charge in [0.1, 0.15) is 11.4 Å². The number of aliphatic hydroxyl groups is 1. The molecule has 7 nitrogen and oxygen atoms in total. The van der Waals surface area contributed by atoms with Gasteiger partial charge in [0.2, 0.25) is 5.75 Å². The minimum atomic E-state index is -0.759. The van der Waals surface area contributed by atoms with Gasteiger partial charge in [0, 0.05) is 13.0 Å². The number of aromatic nitrogens is 2. The molecule has 0 saturated heterocycles. The van der Waals surface area contributed by atoms with Gasteiger partial charge in [-0.3, -0.25) is 14.2 Å². The van der Waals surface area contributed by atoms with Gasteiger partial charge in [-0.05, 0) is 31.6 Å². The fourth-order valence-corrected chi connectivity index (χ4v) is 3.68. The van der Waals surface area contributed by atoms with Gasteiger partial charge in [-0.2, -0.15) is 0 Å². The van der Waals surface area contributed by atoms with Crippen molar-refractivity contribution in [2.45, 2.75) is 51.2 Å². The highest BCUT2D eigenvalue weighted by atomic mass is 16.5. The maximum Gasteiger partial charge on any atom is 0.296 e. The number of nitrogens with zero attached hydrogens (tertiary/aromatic N) is 2. The first kappa shape index (κ1) is 16.1. The van der Waals surface area contributed by atoms with E-state index in [9.17, 15) is 14.7 Å². The molecule has 126 valence electrons. The van der Waals surface area contributed by atoms with Crippen LogP contribution < -0.4 is 5.56 Å². The van der Waals surface area contributed by atoms with Crippen LogP contribution in [0.4, 0.5) is 0 Å². The average molecular weight is 322 g/mol. The van der Waals surface area contributed by atoms with E-state index in [0.717, 1.165) is 12.8 Å². The van der Waals surface area contributed by atoms with E-state index in [-0.39, 0.29) is 31.1 Å². The van der Waals surface area contributed by atoms with E-state index in [4.69, 9.17) is 9.84 Å². The zero-order valence-corrected chi connectivity index (χ0v) is 13.2. The number of hydrogen-bond donors (Lipinski definition) is 2. The normalized spacial score (nSPS) is 25.9. The summed E-state index contributed by atoms with van der Waals surface area (Å²) in [5.74, 6) is -0.169. The highest BCUT2D eigenvalue weighted by Crippen LogP contribution is 2.45. The van der Waals surface area contributed by atoms with E-state index < -0.39 is 16.9 Å². The topological polar surface area (TPSA) is 102 Å². The van der Waals surface area contributed by atoms with Crippen molar-refractivity contribution in [3.05, 3.63) is 21.9 Å². The first-order valence-corrected chi connectivity index (χ1v) is 8.14. The number of ketones is 1. The van der Waals surface area contributed by atoms with Crippen LogP contribution >= 0.6 is 0 Å². The Hall–Kier alpha value is -1.73. The molecule has 1 saturated carbocycles. The van der Waals surface area contributed by atoms with Gasteiger partial charge in [0.25, 0.3) is 5.56 Å². The molecule has 23 heavy (non-hydrogen) atoms. The van der Waals surface area contributed by atoms with Crippen molar-refractivity contribution >= 4 is 5.78 Å². The molecule has 0 unspecified atom stereocenters. The Morgan fingerprint density at radius 2 is 2.13 bits per heavy atom. The molecular formula is C16H22N2O5. The van der Waals surface area contributed by atoms with Crippen molar-refractivity contribution in [2.24, 2.45) is 5.92 Å². The molecule has 1 aliphatic carbocycles. The molecule has 0 atom stereocenters. The lowest BCUT2D eigenvalue weighted by Gasteiger charge is -2.36. The molecule has 0 amide bonds. The highest BCUT2D eigenvalue weighted by molar-refractivity contribution is 5.96. The smallest absolute Gasteiger partial charge is 0.296 e. The van der Waals surface area contributed by atoms with Gasteiger partial charge in [0.05, 0.1) is 13.2 Å². The van der Waals surface area contributed by atoms with Crippen LogP contribution in [0, 0.1) is 5.92 Å². The Balaban J connectivity index is 2.20. The number of aromatic hydroxyl groups is 1. The predicted octanol–water partition coefficient (Wildman–Crippen LogP) is 0.950. The standard InChI is InChI=1S/C16H22N2O5/c1-2-11(20)12-13(21)14(22)18-9-10-3-5-16(6-4-10,15(18)17-12)23-8-7-19/h10,19,21H,2-9H2,1H3. The third-order valence-corrected chi connectivity index (χ3v) is 4.96. The summed E-state index contributed by atoms with van der Waals surface area (Å²) in [6, 6.07) is 0. The van der Waals surface area contributed by atoms with Crippen LogP contribution in [0.5, 0.6) is 5.75 Å². The van der Waals surface area contributed by atoms with Crippen molar-refractivity contribution in [3.63, 3.8) is 0 Å². The molecule has 0 aromatic carbocycles. The summed E-state index contributed by atoms with van der Waals surface area (Å²) in [4.78, 5) is 29.0. The SMILES string of the molecule is CCC(=O)c1nc2n(c(=O)c1O)CC1CCC2(OCCO)CC1. The molecule has 2 N–H and O–H groups in total. The number of fused-ring (bicyclic) bond motifs is 2. The molecule has 0 radical (unpaired) electrons. The molecule has 4 rings (SSSR count). The van der Waals surface area contributed by atoms with Crippen LogP contribution in [0.3, 0.4) is 0 Å². The minimum absolute atomic E-state index is 0.117. The zero-order chi connectivity index (χ0) is 16.6. The second kappa shape index (κ2) is 6.05. The molecule has 1 aromatic rings. The minimum Gasteiger partial charge on any atom is -0.501 e. The fraction of sp³-hybridized carbons (Fsp3) is 0.688. The van der Waals surface area contributed by atoms with Crippen LogP contribution in [0.1, 0.15) is 55.3 Å². The van der Waals surface area contributed by atoms with Gasteiger partial charge in [-0.1, -0.05) is 6.92 Å². The van der Waals surface area contributed by atoms with Gasteiger partial charge in [-0.25, -0.2) is 4.98 Å². The predicted molar refractivity (Wildman–Crippen MR) is 81.5 cm³/mol. The molecule has 2 aliphatic heterocycles. The van der Waals surface area contributed by atoms with E-state index in [1.807, 2.05) is 0 Å². The maximum atomic E-state index is 12.6. The number of aliphatic hydroxyl groups excluding tert-OH is 1. The number of hydrogen-bond acceptors (Lipinski definition) is 6. The molecule has 1 fully saturated rings. The average Bonchev–Trinajstić information content (AvgIpc) is 2.82. The van der Waals surface area contributed by atoms with Crippen molar-refractivity contribution < 1.29 is 19.7 Å². The van der Waals surface area contributed by atoms with Crippen LogP contribution in [0.2, 0.25) is 0 Å². The fourth-order valence-electron chi connectivity index (χ4n) is 3.68. The first-order valence-electron chi connectivity index (χ1n) is 8.14. The third kappa shape index (κ3) is 2.57. The molecule has 3 aliphatic rings. The quantitative estimate of drug-likeness (QED) is 0.783. The number of rotatable bonds is 5. The Labute approximate surface area is 133 Å². The van der Waals surface area contributed by atoms with Crippen molar-refractivity contribution in [3.8, 4) is 5.75 Å². The number of ether oxygens (including phenoxy) is 1. The van der Waals surface area contributed by atoms with Crippen LogP contribution in [-0.2, 0) is 16.9 Å². The summed E-state index contributed by atoms with van der Waals surface area (Å²) < 4.78 is 7.37. The number of carbonyl (C=O) groups is 1. The molecule has 2 bridgehead atoms. The van der Waals surface area contributed by atoms with E-state index in [1.165, 1.54) is 4.57 Å². The Kier molecular flexibility index (Phi) is 4.25. The molecule has 7 heteroatoms. The molecule has 0 spiro atoms. The maximum absolute atomic E-state index is 12.6. The van der Waals surface area contributed by atoms with Gasteiger partial charge >= 0.3 is 0 Å². The lowest BCUT2D eigenvalue weighted by atomic mass is 9.80. The zero-order valence-electron chi connectivity index (χ0n) is 13.2. The van der Waals surface area contributed by atoms with Crippen LogP contribution in [0.15, 0.2) is 4.79 Å². The van der Waals surface area contributed by atoms with Crippen LogP contribution in [-0.4, -0.2) is 38.8 Å². The molecule has 3 heterocycles. The molecule has 1 aromatic heterocycles. The van der Waals surface area contributed by atoms with E-state index in [2.05, 4.69) is 4.98 Å². The summed E-state index contributed by atoms with van der Waals surface area (Å²) in [5, 5.41) is 19.2. The van der Waals surface area contributed by atoms with Crippen molar-refractivity contribution in [1.29, 1.82) is 0 Å². The lowest BCUT2D eigenvalue weighted by Crippen LogP contribution is -2.38. The summed E-state index contributed by atoms with van der Waals surface area (Å²) in [7, 11) is 0. The highest BCUT2D eigenvalue weighted by Gasteiger charge is 2.45. The summed E-state index contributed by atoms with van der Waals surface area (Å²) in [5.41, 5.74) is -1.50. The van der Waals surface area contributed by atoms with Gasteiger partial charge in [0.15, 0.2) is 11.5 Å². The number of carbonyl (C=O) groups excluding carboxylic acids is 1. The van der Waals surface area contributed by atoms with E-state index in [1.54, 1.807) is 6.92 Å². The Bertz CT molecular complexity index is 674. The van der Waals surface area contributed by atoms with Crippen molar-refractivity contribution in [2.75, 3.05) is 13.2 Å². The second-order valence-corrected chi connectivity index (χ2v) is 6.33. The van der Waals surface area contributed by atoms with E-state index >= 15 is 0 Å².